The molecule has 0 amide bonds. The topological polar surface area (TPSA) is 38.9 Å². The molecule has 0 N–H and O–H groups in total. The molecule has 7 aromatic rings. The Morgan fingerprint density at radius 1 is 0.714 bits per heavy atom. The molecule has 2 aliphatic carbocycles. The van der Waals surface area contributed by atoms with Gasteiger partial charge in [0.15, 0.2) is 0 Å². The van der Waals surface area contributed by atoms with Crippen molar-refractivity contribution in [3.05, 3.63) is 139 Å². The third-order valence-electron chi connectivity index (χ3n) is 12.4. The fourth-order valence-electron chi connectivity index (χ4n) is 9.22. The Hall–Kier alpha value is -4.15. The number of aromatic nitrogens is 2. The minimum Gasteiger partial charge on any atom is -0.500 e. The zero-order chi connectivity index (χ0) is 38.0. The molecule has 3 nitrogen and oxygen atoms in total. The fraction of sp³-hybridized carbons (Fsp3) is 0.333. The molecule has 0 unspecified atom stereocenters. The van der Waals surface area contributed by atoms with E-state index in [4.69, 9.17) is 14.4 Å². The van der Waals surface area contributed by atoms with Crippen molar-refractivity contribution >= 4 is 35.2 Å². The molecule has 9 rings (SSSR count). The van der Waals surface area contributed by atoms with Crippen LogP contribution in [0.5, 0.6) is 0 Å². The molecule has 0 aliphatic heterocycles. The average molecular weight is 931 g/mol. The van der Waals surface area contributed by atoms with Crippen LogP contribution in [-0.4, -0.2) is 18.0 Å². The van der Waals surface area contributed by atoms with Crippen LogP contribution in [0.4, 0.5) is 0 Å². The van der Waals surface area contributed by atoms with E-state index in [1.807, 2.05) is 30.5 Å². The number of pyridine rings is 2. The van der Waals surface area contributed by atoms with Crippen LogP contribution >= 0.6 is 0 Å². The summed E-state index contributed by atoms with van der Waals surface area (Å²) in [6.07, 6.45) is 16.3. The van der Waals surface area contributed by atoms with E-state index >= 15 is 0 Å². The van der Waals surface area contributed by atoms with Gasteiger partial charge < -0.3 is 14.4 Å². The smallest absolute Gasteiger partial charge is 0.128 e. The van der Waals surface area contributed by atoms with E-state index in [2.05, 4.69) is 131 Å². The maximum Gasteiger partial charge on any atom is 0.128 e. The van der Waals surface area contributed by atoms with Crippen molar-refractivity contribution in [1.29, 1.82) is 0 Å². The summed E-state index contributed by atoms with van der Waals surface area (Å²) in [5.41, 5.74) is 11.1. The molecule has 3 heterocycles. The molecule has 4 aromatic carbocycles. The molecule has 5 heteroatoms. The quantitative estimate of drug-likeness (QED) is 0.113. The summed E-state index contributed by atoms with van der Waals surface area (Å²) >= 11 is 0. The molecule has 2 aliphatic rings. The van der Waals surface area contributed by atoms with Gasteiger partial charge in [-0.1, -0.05) is 149 Å². The van der Waals surface area contributed by atoms with Crippen molar-refractivity contribution in [2.24, 2.45) is 11.8 Å². The summed E-state index contributed by atoms with van der Waals surface area (Å²) in [6.45, 7) is 12.1. The van der Waals surface area contributed by atoms with E-state index in [1.165, 1.54) is 63.4 Å². The van der Waals surface area contributed by atoms with Gasteiger partial charge in [-0.3, -0.25) is 0 Å². The molecular formula is C51H54IrN2OSi-2. The summed E-state index contributed by atoms with van der Waals surface area (Å²) in [7, 11) is -1.35. The first-order chi connectivity index (χ1) is 26.7. The number of para-hydroxylation sites is 1. The van der Waals surface area contributed by atoms with Crippen LogP contribution in [0.15, 0.2) is 120 Å². The zero-order valence-electron chi connectivity index (χ0n) is 33.6. The van der Waals surface area contributed by atoms with Crippen LogP contribution in [0.1, 0.15) is 76.3 Å². The Balaban J connectivity index is 0.000000183. The monoisotopic (exact) mass is 931 g/mol. The van der Waals surface area contributed by atoms with Crippen molar-refractivity contribution in [2.45, 2.75) is 96.7 Å². The Labute approximate surface area is 348 Å². The largest absolute Gasteiger partial charge is 0.500 e. The van der Waals surface area contributed by atoms with Gasteiger partial charge in [0.2, 0.25) is 0 Å². The van der Waals surface area contributed by atoms with Crippen molar-refractivity contribution in [2.75, 3.05) is 0 Å². The minimum absolute atomic E-state index is 0. The molecule has 0 spiro atoms. The van der Waals surface area contributed by atoms with Crippen LogP contribution in [0.25, 0.3) is 55.6 Å². The van der Waals surface area contributed by atoms with Gasteiger partial charge in [0, 0.05) is 43.4 Å². The molecule has 0 bridgehead atoms. The zero-order valence-corrected chi connectivity index (χ0v) is 37.0. The number of rotatable bonds is 8. The van der Waals surface area contributed by atoms with Gasteiger partial charge in [0.05, 0.1) is 13.7 Å². The SMILES string of the molecule is CC(C)(c1ccnc(-c2[c-]ccc3c2oc2c(-c4ccccc4)cccc23)c1)C1CCCC1.C[Si](C)(C)c1cnc(-c2[c-]cccc2)cc1CC1CCCC1.[Ir]. The first-order valence-corrected chi connectivity index (χ1v) is 24.0. The predicted molar refractivity (Wildman–Crippen MR) is 233 cm³/mol. The maximum absolute atomic E-state index is 6.58. The second-order valence-corrected chi connectivity index (χ2v) is 22.5. The van der Waals surface area contributed by atoms with E-state index < -0.39 is 8.07 Å². The van der Waals surface area contributed by atoms with Crippen LogP contribution in [0.2, 0.25) is 19.6 Å². The molecule has 3 aromatic heterocycles. The van der Waals surface area contributed by atoms with Gasteiger partial charge >= 0.3 is 0 Å². The van der Waals surface area contributed by atoms with Crippen LogP contribution < -0.4 is 5.19 Å². The van der Waals surface area contributed by atoms with Crippen molar-refractivity contribution < 1.29 is 24.5 Å². The van der Waals surface area contributed by atoms with Gasteiger partial charge in [-0.15, -0.1) is 54.1 Å². The molecular weight excluding hydrogens is 877 g/mol. The third kappa shape index (κ3) is 8.42. The maximum atomic E-state index is 6.58. The minimum atomic E-state index is -1.35. The molecule has 289 valence electrons. The van der Waals surface area contributed by atoms with Crippen LogP contribution in [0, 0.1) is 24.0 Å². The number of nitrogens with zero attached hydrogens (tertiary/aromatic N) is 2. The van der Waals surface area contributed by atoms with Crippen LogP contribution in [-0.2, 0) is 31.9 Å². The molecule has 2 saturated carbocycles. The normalized spacial score (nSPS) is 15.2. The Morgan fingerprint density at radius 2 is 1.45 bits per heavy atom. The number of fused-ring (bicyclic) bond motifs is 3. The van der Waals surface area contributed by atoms with Gasteiger partial charge in [-0.2, -0.15) is 0 Å². The van der Waals surface area contributed by atoms with E-state index in [-0.39, 0.29) is 25.5 Å². The molecule has 0 atom stereocenters. The average Bonchev–Trinajstić information content (AvgIpc) is 4.01. The summed E-state index contributed by atoms with van der Waals surface area (Å²) in [4.78, 5) is 9.51. The van der Waals surface area contributed by atoms with E-state index in [0.29, 0.717) is 0 Å². The standard InChI is InChI=1S/C31H28NO.C20H26NSi.Ir/c1-31(2,22-12-6-7-13-22)23-18-19-32-28(20-23)27-17-9-16-26-25-15-8-14-24(29(25)33-30(26)27)21-10-4-3-5-11-21;1-22(2,3)20-15-21-19(17-11-5-4-6-12-17)14-18(20)13-16-9-7-8-10-16;/h3-5,8-11,14-16,18-20,22H,6-7,12-13H2,1-2H3;4-6,11,14-16H,7-10,13H2,1-3H3;/q2*-1;. The Kier molecular flexibility index (Phi) is 12.3. The molecule has 2 fully saturated rings. The predicted octanol–water partition coefficient (Wildman–Crippen LogP) is 13.4. The molecule has 56 heavy (non-hydrogen) atoms. The van der Waals surface area contributed by atoms with Gasteiger partial charge in [0.1, 0.15) is 5.58 Å². The Morgan fingerprint density at radius 3 is 2.18 bits per heavy atom. The van der Waals surface area contributed by atoms with E-state index in [1.54, 1.807) is 10.8 Å². The van der Waals surface area contributed by atoms with Gasteiger partial charge in [-0.05, 0) is 70.3 Å². The number of hydrogen-bond donors (Lipinski definition) is 0. The Bertz CT molecular complexity index is 2380. The van der Waals surface area contributed by atoms with Gasteiger partial charge in [-0.25, -0.2) is 0 Å². The fourth-order valence-corrected chi connectivity index (χ4v) is 10.8. The second kappa shape index (κ2) is 17.1. The van der Waals surface area contributed by atoms with E-state index in [9.17, 15) is 0 Å². The first-order valence-electron chi connectivity index (χ1n) is 20.5. The number of hydrogen-bond acceptors (Lipinski definition) is 3. The molecule has 0 saturated heterocycles. The number of furan rings is 1. The van der Waals surface area contributed by atoms with Crippen molar-refractivity contribution in [3.63, 3.8) is 0 Å². The van der Waals surface area contributed by atoms with Gasteiger partial charge in [0.25, 0.3) is 0 Å². The molecule has 1 radical (unpaired) electrons. The summed E-state index contributed by atoms with van der Waals surface area (Å²) in [6, 6.07) is 42.6. The number of benzene rings is 4. The van der Waals surface area contributed by atoms with Crippen molar-refractivity contribution in [1.82, 2.24) is 9.97 Å². The summed E-state index contributed by atoms with van der Waals surface area (Å²) in [5, 5.41) is 3.78. The van der Waals surface area contributed by atoms with Crippen molar-refractivity contribution in [3.8, 4) is 33.6 Å². The summed E-state index contributed by atoms with van der Waals surface area (Å²) in [5.74, 6) is 1.61. The van der Waals surface area contributed by atoms with E-state index in [0.717, 1.165) is 67.4 Å². The summed E-state index contributed by atoms with van der Waals surface area (Å²) < 4.78 is 6.58. The first kappa shape index (κ1) is 40.1. The third-order valence-corrected chi connectivity index (χ3v) is 14.5. The second-order valence-electron chi connectivity index (χ2n) is 17.5. The van der Waals surface area contributed by atoms with Crippen LogP contribution in [0.3, 0.4) is 0 Å².